The highest BCUT2D eigenvalue weighted by molar-refractivity contribution is 5.79. The minimum atomic E-state index is 0.487. The maximum Gasteiger partial charge on any atom is 0.120 e. The van der Waals surface area contributed by atoms with E-state index in [4.69, 9.17) is 15.3 Å². The minimum Gasteiger partial charge on any atom is -0.497 e. The van der Waals surface area contributed by atoms with Crippen molar-refractivity contribution in [2.24, 2.45) is 10.9 Å². The van der Waals surface area contributed by atoms with Crippen LogP contribution in [0.5, 0.6) is 11.5 Å². The smallest absolute Gasteiger partial charge is 0.120 e. The van der Waals surface area contributed by atoms with E-state index >= 15 is 0 Å². The lowest BCUT2D eigenvalue weighted by Crippen LogP contribution is -1.96. The Labute approximate surface area is 112 Å². The summed E-state index contributed by atoms with van der Waals surface area (Å²) in [7, 11) is 1.65. The number of rotatable bonds is 5. The molecule has 98 valence electrons. The van der Waals surface area contributed by atoms with Gasteiger partial charge in [0, 0.05) is 0 Å². The van der Waals surface area contributed by atoms with E-state index in [0.29, 0.717) is 6.61 Å². The van der Waals surface area contributed by atoms with Gasteiger partial charge in [0.15, 0.2) is 0 Å². The van der Waals surface area contributed by atoms with Crippen LogP contribution in [0.15, 0.2) is 53.6 Å². The van der Waals surface area contributed by atoms with E-state index < -0.39 is 0 Å². The SMILES string of the molecule is COc1cccc(COc2cccc(C=NN)c2)c1. The van der Waals surface area contributed by atoms with E-state index in [9.17, 15) is 0 Å². The maximum absolute atomic E-state index is 5.72. The first-order valence-electron chi connectivity index (χ1n) is 5.91. The Balaban J connectivity index is 2.03. The van der Waals surface area contributed by atoms with Gasteiger partial charge in [-0.2, -0.15) is 5.10 Å². The number of hydrazone groups is 1. The number of methoxy groups -OCH3 is 1. The Hall–Kier alpha value is -2.49. The Bertz CT molecular complexity index is 568. The molecule has 0 saturated heterocycles. The number of benzene rings is 2. The fourth-order valence-corrected chi connectivity index (χ4v) is 1.70. The van der Waals surface area contributed by atoms with Gasteiger partial charge in [0.25, 0.3) is 0 Å². The molecule has 0 saturated carbocycles. The van der Waals surface area contributed by atoms with Crippen molar-refractivity contribution in [1.82, 2.24) is 0 Å². The molecule has 0 aliphatic heterocycles. The van der Waals surface area contributed by atoms with Gasteiger partial charge in [0.1, 0.15) is 18.1 Å². The summed E-state index contributed by atoms with van der Waals surface area (Å²) < 4.78 is 10.9. The van der Waals surface area contributed by atoms with Crippen LogP contribution in [0, 0.1) is 0 Å². The molecule has 4 heteroatoms. The molecule has 0 unspecified atom stereocenters. The van der Waals surface area contributed by atoms with E-state index in [0.717, 1.165) is 22.6 Å². The topological polar surface area (TPSA) is 56.8 Å². The lowest BCUT2D eigenvalue weighted by Gasteiger charge is -2.08. The van der Waals surface area contributed by atoms with Crippen molar-refractivity contribution in [2.75, 3.05) is 7.11 Å². The maximum atomic E-state index is 5.72. The van der Waals surface area contributed by atoms with Gasteiger partial charge < -0.3 is 15.3 Å². The van der Waals surface area contributed by atoms with Crippen molar-refractivity contribution >= 4 is 6.21 Å². The van der Waals surface area contributed by atoms with Crippen LogP contribution < -0.4 is 15.3 Å². The van der Waals surface area contributed by atoms with Gasteiger partial charge in [0.05, 0.1) is 13.3 Å². The molecule has 2 rings (SSSR count). The van der Waals surface area contributed by atoms with Crippen LogP contribution in [-0.2, 0) is 6.61 Å². The van der Waals surface area contributed by atoms with Crippen molar-refractivity contribution in [3.8, 4) is 11.5 Å². The fourth-order valence-electron chi connectivity index (χ4n) is 1.70. The summed E-state index contributed by atoms with van der Waals surface area (Å²) in [5.41, 5.74) is 1.96. The van der Waals surface area contributed by atoms with Crippen molar-refractivity contribution in [1.29, 1.82) is 0 Å². The standard InChI is InChI=1S/C15H16N2O2/c1-18-14-6-3-5-13(9-14)11-19-15-7-2-4-12(8-15)10-17-16/h2-10H,11,16H2,1H3. The third kappa shape index (κ3) is 3.74. The van der Waals surface area contributed by atoms with E-state index in [2.05, 4.69) is 5.10 Å². The second kappa shape index (κ2) is 6.44. The highest BCUT2D eigenvalue weighted by Crippen LogP contribution is 2.17. The molecule has 2 N–H and O–H groups in total. The highest BCUT2D eigenvalue weighted by Gasteiger charge is 1.99. The van der Waals surface area contributed by atoms with E-state index in [-0.39, 0.29) is 0 Å². The molecular formula is C15H16N2O2. The normalized spacial score (nSPS) is 10.6. The number of nitrogens with zero attached hydrogens (tertiary/aromatic N) is 1. The molecule has 0 heterocycles. The van der Waals surface area contributed by atoms with E-state index in [1.807, 2.05) is 48.5 Å². The van der Waals surface area contributed by atoms with Gasteiger partial charge in [-0.05, 0) is 35.4 Å². The van der Waals surface area contributed by atoms with Crippen LogP contribution in [0.2, 0.25) is 0 Å². The zero-order valence-electron chi connectivity index (χ0n) is 10.7. The van der Waals surface area contributed by atoms with Crippen LogP contribution in [0.4, 0.5) is 0 Å². The third-order valence-corrected chi connectivity index (χ3v) is 2.62. The number of nitrogens with two attached hydrogens (primary N) is 1. The number of hydrogen-bond donors (Lipinski definition) is 1. The van der Waals surface area contributed by atoms with Crippen LogP contribution in [-0.4, -0.2) is 13.3 Å². The molecule has 0 aromatic heterocycles. The Kier molecular flexibility index (Phi) is 4.39. The highest BCUT2D eigenvalue weighted by atomic mass is 16.5. The lowest BCUT2D eigenvalue weighted by molar-refractivity contribution is 0.305. The summed E-state index contributed by atoms with van der Waals surface area (Å²) in [5, 5.41) is 3.49. The van der Waals surface area contributed by atoms with Gasteiger partial charge in [-0.15, -0.1) is 0 Å². The Morgan fingerprint density at radius 2 is 1.89 bits per heavy atom. The van der Waals surface area contributed by atoms with Crippen molar-refractivity contribution < 1.29 is 9.47 Å². The largest absolute Gasteiger partial charge is 0.497 e. The molecule has 0 aliphatic rings. The first-order chi connectivity index (χ1) is 9.31. The second-order valence-corrected chi connectivity index (χ2v) is 3.99. The summed E-state index contributed by atoms with van der Waals surface area (Å²) in [6.07, 6.45) is 1.58. The lowest BCUT2D eigenvalue weighted by atomic mass is 10.2. The molecule has 4 nitrogen and oxygen atoms in total. The monoisotopic (exact) mass is 256 g/mol. The molecule has 0 radical (unpaired) electrons. The summed E-state index contributed by atoms with van der Waals surface area (Å²) in [6.45, 7) is 0.487. The fraction of sp³-hybridized carbons (Fsp3) is 0.133. The number of hydrogen-bond acceptors (Lipinski definition) is 4. The Morgan fingerprint density at radius 1 is 1.11 bits per heavy atom. The Morgan fingerprint density at radius 3 is 2.68 bits per heavy atom. The van der Waals surface area contributed by atoms with Gasteiger partial charge in [-0.1, -0.05) is 24.3 Å². The molecule has 0 fully saturated rings. The summed E-state index contributed by atoms with van der Waals surface area (Å²) >= 11 is 0. The van der Waals surface area contributed by atoms with Gasteiger partial charge >= 0.3 is 0 Å². The van der Waals surface area contributed by atoms with Crippen molar-refractivity contribution in [3.63, 3.8) is 0 Å². The van der Waals surface area contributed by atoms with Crippen LogP contribution >= 0.6 is 0 Å². The summed E-state index contributed by atoms with van der Waals surface area (Å²) in [5.74, 6) is 6.72. The molecule has 0 aliphatic carbocycles. The minimum absolute atomic E-state index is 0.487. The average molecular weight is 256 g/mol. The van der Waals surface area contributed by atoms with Crippen LogP contribution in [0.1, 0.15) is 11.1 Å². The molecule has 19 heavy (non-hydrogen) atoms. The zero-order chi connectivity index (χ0) is 13.5. The van der Waals surface area contributed by atoms with Crippen LogP contribution in [0.25, 0.3) is 0 Å². The zero-order valence-corrected chi connectivity index (χ0v) is 10.7. The molecular weight excluding hydrogens is 240 g/mol. The molecule has 2 aromatic rings. The predicted molar refractivity (Wildman–Crippen MR) is 75.5 cm³/mol. The predicted octanol–water partition coefficient (Wildman–Crippen LogP) is 2.57. The quantitative estimate of drug-likeness (QED) is 0.508. The van der Waals surface area contributed by atoms with Gasteiger partial charge in [-0.3, -0.25) is 0 Å². The van der Waals surface area contributed by atoms with E-state index in [1.165, 1.54) is 0 Å². The number of ether oxygens (including phenoxy) is 2. The molecule has 0 amide bonds. The van der Waals surface area contributed by atoms with Crippen LogP contribution in [0.3, 0.4) is 0 Å². The first kappa shape index (κ1) is 13.0. The molecule has 0 atom stereocenters. The average Bonchev–Trinajstić information content (AvgIpc) is 2.46. The molecule has 0 spiro atoms. The molecule has 2 aromatic carbocycles. The first-order valence-corrected chi connectivity index (χ1v) is 5.91. The molecule has 0 bridgehead atoms. The van der Waals surface area contributed by atoms with E-state index in [1.54, 1.807) is 13.3 Å². The van der Waals surface area contributed by atoms with Gasteiger partial charge in [0.2, 0.25) is 0 Å². The van der Waals surface area contributed by atoms with Gasteiger partial charge in [-0.25, -0.2) is 0 Å². The van der Waals surface area contributed by atoms with Crippen molar-refractivity contribution in [2.45, 2.75) is 6.61 Å². The second-order valence-electron chi connectivity index (χ2n) is 3.99. The third-order valence-electron chi connectivity index (χ3n) is 2.62. The summed E-state index contributed by atoms with van der Waals surface area (Å²) in [4.78, 5) is 0. The van der Waals surface area contributed by atoms with Crippen molar-refractivity contribution in [3.05, 3.63) is 59.7 Å². The summed E-state index contributed by atoms with van der Waals surface area (Å²) in [6, 6.07) is 15.4.